The van der Waals surface area contributed by atoms with Crippen LogP contribution in [0.25, 0.3) is 0 Å². The van der Waals surface area contributed by atoms with Gasteiger partial charge >= 0.3 is 0 Å². The van der Waals surface area contributed by atoms with Gasteiger partial charge in [-0.25, -0.2) is 4.39 Å². The van der Waals surface area contributed by atoms with Crippen LogP contribution in [0.1, 0.15) is 18.4 Å². The van der Waals surface area contributed by atoms with Crippen molar-refractivity contribution in [1.82, 2.24) is 4.37 Å². The molecule has 1 saturated heterocycles. The number of anilines is 1. The molecule has 2 heterocycles. The Morgan fingerprint density at radius 3 is 2.94 bits per heavy atom. The van der Waals surface area contributed by atoms with Crippen molar-refractivity contribution in [1.29, 1.82) is 5.26 Å². The molecule has 17 heavy (non-hydrogen) atoms. The maximum atomic E-state index is 14.2. The van der Waals surface area contributed by atoms with Gasteiger partial charge in [-0.3, -0.25) is 0 Å². The Kier molecular flexibility index (Phi) is 3.82. The highest BCUT2D eigenvalue weighted by atomic mass is 35.5. The van der Waals surface area contributed by atoms with E-state index in [1.165, 1.54) is 0 Å². The van der Waals surface area contributed by atoms with E-state index in [0.29, 0.717) is 31.1 Å². The highest BCUT2D eigenvalue weighted by Gasteiger charge is 2.32. The highest BCUT2D eigenvalue weighted by molar-refractivity contribution is 7.10. The van der Waals surface area contributed by atoms with Crippen LogP contribution in [0.15, 0.2) is 0 Å². The number of ether oxygens (including phenoxy) is 1. The highest BCUT2D eigenvalue weighted by Crippen LogP contribution is 2.30. The molecule has 0 aromatic carbocycles. The standard InChI is InChI=1S/C10H11ClFN3OS/c11-8-7(5-13)9(17-15-8)14-6-10(12)1-3-16-4-2-10/h14H,1-4,6H2. The summed E-state index contributed by atoms with van der Waals surface area (Å²) in [6, 6.07) is 1.95. The van der Waals surface area contributed by atoms with E-state index in [0.717, 1.165) is 11.5 Å². The fourth-order valence-electron chi connectivity index (χ4n) is 1.64. The molecule has 1 aliphatic rings. The molecule has 1 aromatic heterocycles. The van der Waals surface area contributed by atoms with Crippen LogP contribution in [0.2, 0.25) is 5.15 Å². The Morgan fingerprint density at radius 1 is 1.59 bits per heavy atom. The molecule has 4 nitrogen and oxygen atoms in total. The molecule has 1 fully saturated rings. The minimum Gasteiger partial charge on any atom is -0.381 e. The van der Waals surface area contributed by atoms with Gasteiger partial charge in [-0.05, 0) is 11.5 Å². The molecule has 0 spiro atoms. The molecule has 1 aromatic rings. The van der Waals surface area contributed by atoms with Crippen LogP contribution < -0.4 is 5.32 Å². The molecule has 7 heteroatoms. The number of nitrogens with one attached hydrogen (secondary N) is 1. The Balaban J connectivity index is 2.00. The predicted octanol–water partition coefficient (Wildman–Crippen LogP) is 2.60. The Bertz CT molecular complexity index is 439. The number of aromatic nitrogens is 1. The normalized spacial score (nSPS) is 18.6. The van der Waals surface area contributed by atoms with Crippen LogP contribution in [0.3, 0.4) is 0 Å². The number of alkyl halides is 1. The third-order valence-electron chi connectivity index (χ3n) is 2.72. The van der Waals surface area contributed by atoms with Crippen molar-refractivity contribution >= 4 is 28.1 Å². The van der Waals surface area contributed by atoms with Gasteiger partial charge in [0, 0.05) is 32.6 Å². The van der Waals surface area contributed by atoms with E-state index in [1.54, 1.807) is 0 Å². The summed E-state index contributed by atoms with van der Waals surface area (Å²) < 4.78 is 23.2. The zero-order valence-corrected chi connectivity index (χ0v) is 10.6. The molecule has 0 amide bonds. The minimum atomic E-state index is -1.28. The quantitative estimate of drug-likeness (QED) is 0.921. The third-order valence-corrected chi connectivity index (χ3v) is 3.90. The Labute approximate surface area is 108 Å². The fourth-order valence-corrected chi connectivity index (χ4v) is 2.57. The van der Waals surface area contributed by atoms with Crippen molar-refractivity contribution in [2.45, 2.75) is 18.5 Å². The predicted molar refractivity (Wildman–Crippen MR) is 64.2 cm³/mol. The van der Waals surface area contributed by atoms with Crippen LogP contribution in [-0.2, 0) is 4.74 Å². The zero-order chi connectivity index (χ0) is 12.3. The van der Waals surface area contributed by atoms with Gasteiger partial charge in [0.25, 0.3) is 0 Å². The van der Waals surface area contributed by atoms with Gasteiger partial charge in [0.1, 0.15) is 22.3 Å². The molecular weight excluding hydrogens is 265 g/mol. The Hall–Kier alpha value is -0.900. The van der Waals surface area contributed by atoms with E-state index in [9.17, 15) is 4.39 Å². The van der Waals surface area contributed by atoms with Gasteiger partial charge in [0.2, 0.25) is 0 Å². The zero-order valence-electron chi connectivity index (χ0n) is 9.00. The summed E-state index contributed by atoms with van der Waals surface area (Å²) >= 11 is 6.80. The van der Waals surface area contributed by atoms with Gasteiger partial charge in [0.05, 0.1) is 0 Å². The largest absolute Gasteiger partial charge is 0.381 e. The third kappa shape index (κ3) is 2.86. The second-order valence-electron chi connectivity index (χ2n) is 3.91. The first-order valence-electron chi connectivity index (χ1n) is 5.20. The van der Waals surface area contributed by atoms with Gasteiger partial charge in [-0.1, -0.05) is 11.6 Å². The number of halogens is 2. The number of hydrogen-bond donors (Lipinski definition) is 1. The van der Waals surface area contributed by atoms with Gasteiger partial charge in [-0.15, -0.1) is 0 Å². The summed E-state index contributed by atoms with van der Waals surface area (Å²) in [4.78, 5) is 0. The molecule has 2 rings (SSSR count). The minimum absolute atomic E-state index is 0.156. The van der Waals surface area contributed by atoms with Crippen LogP contribution in [0.4, 0.5) is 9.39 Å². The van der Waals surface area contributed by atoms with E-state index in [-0.39, 0.29) is 17.3 Å². The van der Waals surface area contributed by atoms with Gasteiger partial charge < -0.3 is 10.1 Å². The molecule has 92 valence electrons. The topological polar surface area (TPSA) is 57.9 Å². The van der Waals surface area contributed by atoms with Crippen LogP contribution in [-0.4, -0.2) is 29.8 Å². The van der Waals surface area contributed by atoms with E-state index in [2.05, 4.69) is 9.69 Å². The maximum Gasteiger partial charge on any atom is 0.162 e. The Morgan fingerprint density at radius 2 is 2.29 bits per heavy atom. The number of nitriles is 1. The average molecular weight is 276 g/mol. The summed E-state index contributed by atoms with van der Waals surface area (Å²) in [7, 11) is 0. The molecule has 1 N–H and O–H groups in total. The van der Waals surface area contributed by atoms with E-state index < -0.39 is 5.67 Å². The van der Waals surface area contributed by atoms with Gasteiger partial charge in [0.15, 0.2) is 5.15 Å². The van der Waals surface area contributed by atoms with E-state index >= 15 is 0 Å². The van der Waals surface area contributed by atoms with Crippen molar-refractivity contribution < 1.29 is 9.13 Å². The monoisotopic (exact) mass is 275 g/mol. The van der Waals surface area contributed by atoms with Crippen molar-refractivity contribution in [3.8, 4) is 6.07 Å². The SMILES string of the molecule is N#Cc1c(Cl)nsc1NCC1(F)CCOCC1. The summed E-state index contributed by atoms with van der Waals surface area (Å²) in [5.74, 6) is 0. The molecule has 0 bridgehead atoms. The van der Waals surface area contributed by atoms with Crippen molar-refractivity contribution in [2.24, 2.45) is 0 Å². The molecule has 0 atom stereocenters. The first-order chi connectivity index (χ1) is 8.14. The van der Waals surface area contributed by atoms with Crippen molar-refractivity contribution in [2.75, 3.05) is 25.1 Å². The summed E-state index contributed by atoms with van der Waals surface area (Å²) in [6.07, 6.45) is 0.739. The number of hydrogen-bond acceptors (Lipinski definition) is 5. The first-order valence-corrected chi connectivity index (χ1v) is 6.35. The van der Waals surface area contributed by atoms with Crippen molar-refractivity contribution in [3.63, 3.8) is 0 Å². The van der Waals surface area contributed by atoms with Crippen molar-refractivity contribution in [3.05, 3.63) is 10.7 Å². The number of rotatable bonds is 3. The summed E-state index contributed by atoms with van der Waals surface area (Å²) in [6.45, 7) is 1.03. The van der Waals surface area contributed by atoms with E-state index in [1.807, 2.05) is 6.07 Å². The lowest BCUT2D eigenvalue weighted by Crippen LogP contribution is -2.38. The number of nitrogens with zero attached hydrogens (tertiary/aromatic N) is 2. The van der Waals surface area contributed by atoms with Gasteiger partial charge in [-0.2, -0.15) is 9.64 Å². The van der Waals surface area contributed by atoms with E-state index in [4.69, 9.17) is 21.6 Å². The summed E-state index contributed by atoms with van der Waals surface area (Å²) in [5.41, 5.74) is -0.992. The first kappa shape index (κ1) is 12.6. The molecule has 0 saturated carbocycles. The molecule has 0 unspecified atom stereocenters. The van der Waals surface area contributed by atoms with Crippen LogP contribution in [0, 0.1) is 11.3 Å². The lowest BCUT2D eigenvalue weighted by Gasteiger charge is -2.29. The smallest absolute Gasteiger partial charge is 0.162 e. The molecule has 1 aliphatic heterocycles. The lowest BCUT2D eigenvalue weighted by atomic mass is 9.96. The fraction of sp³-hybridized carbons (Fsp3) is 0.600. The van der Waals surface area contributed by atoms with Crippen LogP contribution in [0.5, 0.6) is 0 Å². The second kappa shape index (κ2) is 5.17. The second-order valence-corrected chi connectivity index (χ2v) is 5.04. The van der Waals surface area contributed by atoms with Crippen LogP contribution >= 0.6 is 23.1 Å². The maximum absolute atomic E-state index is 14.2. The molecule has 0 aliphatic carbocycles. The molecular formula is C10H11ClFN3OS. The molecule has 0 radical (unpaired) electrons. The lowest BCUT2D eigenvalue weighted by molar-refractivity contribution is -0.00111. The summed E-state index contributed by atoms with van der Waals surface area (Å²) in [5, 5.41) is 12.5. The average Bonchev–Trinajstić information content (AvgIpc) is 2.68.